The van der Waals surface area contributed by atoms with E-state index >= 15 is 0 Å². The van der Waals surface area contributed by atoms with Crippen LogP contribution >= 0.6 is 0 Å². The Morgan fingerprint density at radius 1 is 1.56 bits per heavy atom. The van der Waals surface area contributed by atoms with Crippen LogP contribution in [0.15, 0.2) is 24.3 Å². The van der Waals surface area contributed by atoms with Crippen LogP contribution in [0.25, 0.3) is 0 Å². The van der Waals surface area contributed by atoms with Gasteiger partial charge in [0.25, 0.3) is 0 Å². The maximum Gasteiger partial charge on any atom is 0.226 e. The fraction of sp³-hybridized carbons (Fsp3) is 0.417. The molecule has 4 heteroatoms. The number of carbonyl (C=O) groups is 1. The standard InChI is InChI=1S/C12H16N2O2/c1-8(9-3-2-4-11(15)5-9)14-12(16)10-6-13-7-10/h2-5,8,10,13,15H,6-7H2,1H3,(H,14,16). The van der Waals surface area contributed by atoms with Crippen LogP contribution in [0.4, 0.5) is 0 Å². The molecule has 1 amide bonds. The number of phenols is 1. The highest BCUT2D eigenvalue weighted by molar-refractivity contribution is 5.80. The average molecular weight is 220 g/mol. The fourth-order valence-corrected chi connectivity index (χ4v) is 1.68. The number of rotatable bonds is 3. The van der Waals surface area contributed by atoms with Crippen LogP contribution in [-0.4, -0.2) is 24.1 Å². The number of aromatic hydroxyl groups is 1. The summed E-state index contributed by atoms with van der Waals surface area (Å²) in [5, 5.41) is 15.3. The minimum absolute atomic E-state index is 0.0693. The van der Waals surface area contributed by atoms with E-state index in [9.17, 15) is 9.90 Å². The summed E-state index contributed by atoms with van der Waals surface area (Å²) in [7, 11) is 0. The third-order valence-electron chi connectivity index (χ3n) is 2.88. The van der Waals surface area contributed by atoms with Gasteiger partial charge in [-0.25, -0.2) is 0 Å². The van der Waals surface area contributed by atoms with Gasteiger partial charge in [0, 0.05) is 13.1 Å². The first-order valence-corrected chi connectivity index (χ1v) is 5.47. The molecule has 1 fully saturated rings. The number of hydrogen-bond acceptors (Lipinski definition) is 3. The van der Waals surface area contributed by atoms with Crippen LogP contribution in [0.3, 0.4) is 0 Å². The number of hydrogen-bond donors (Lipinski definition) is 3. The van der Waals surface area contributed by atoms with Gasteiger partial charge in [0.05, 0.1) is 12.0 Å². The number of amides is 1. The minimum atomic E-state index is -0.0693. The Labute approximate surface area is 94.7 Å². The molecule has 0 bridgehead atoms. The summed E-state index contributed by atoms with van der Waals surface area (Å²) in [6.45, 7) is 3.44. The van der Waals surface area contributed by atoms with Gasteiger partial charge in [-0.1, -0.05) is 12.1 Å². The Hall–Kier alpha value is -1.55. The highest BCUT2D eigenvalue weighted by Crippen LogP contribution is 2.18. The molecule has 1 saturated heterocycles. The predicted molar refractivity (Wildman–Crippen MR) is 61.0 cm³/mol. The quantitative estimate of drug-likeness (QED) is 0.705. The summed E-state index contributed by atoms with van der Waals surface area (Å²) < 4.78 is 0. The van der Waals surface area contributed by atoms with Gasteiger partial charge in [0.1, 0.15) is 5.75 Å². The SMILES string of the molecule is CC(NC(=O)C1CNC1)c1cccc(O)c1. The Morgan fingerprint density at radius 3 is 2.88 bits per heavy atom. The predicted octanol–water partition coefficient (Wildman–Crippen LogP) is 0.789. The van der Waals surface area contributed by atoms with Crippen molar-refractivity contribution in [2.24, 2.45) is 5.92 Å². The molecular weight excluding hydrogens is 204 g/mol. The summed E-state index contributed by atoms with van der Waals surface area (Å²) in [6, 6.07) is 6.89. The molecule has 2 rings (SSSR count). The van der Waals surface area contributed by atoms with Crippen molar-refractivity contribution in [2.75, 3.05) is 13.1 Å². The summed E-state index contributed by atoms with van der Waals surface area (Å²) in [5.74, 6) is 0.401. The molecule has 3 N–H and O–H groups in total. The molecule has 0 aliphatic carbocycles. The normalized spacial score (nSPS) is 17.6. The van der Waals surface area contributed by atoms with Crippen molar-refractivity contribution in [1.29, 1.82) is 0 Å². The first-order chi connectivity index (χ1) is 7.66. The van der Waals surface area contributed by atoms with E-state index in [-0.39, 0.29) is 23.6 Å². The average Bonchev–Trinajstić information content (AvgIpc) is 2.14. The first-order valence-electron chi connectivity index (χ1n) is 5.47. The molecule has 4 nitrogen and oxygen atoms in total. The van der Waals surface area contributed by atoms with Crippen molar-refractivity contribution in [2.45, 2.75) is 13.0 Å². The summed E-state index contributed by atoms with van der Waals surface area (Å²) >= 11 is 0. The van der Waals surface area contributed by atoms with Crippen LogP contribution in [0.1, 0.15) is 18.5 Å². The minimum Gasteiger partial charge on any atom is -0.508 e. The molecule has 1 atom stereocenters. The Balaban J connectivity index is 1.96. The summed E-state index contributed by atoms with van der Waals surface area (Å²) in [6.07, 6.45) is 0. The summed E-state index contributed by atoms with van der Waals surface area (Å²) in [5.41, 5.74) is 0.917. The van der Waals surface area contributed by atoms with Crippen molar-refractivity contribution in [3.63, 3.8) is 0 Å². The highest BCUT2D eigenvalue weighted by Gasteiger charge is 2.25. The van der Waals surface area contributed by atoms with Crippen molar-refractivity contribution < 1.29 is 9.90 Å². The van der Waals surface area contributed by atoms with Crippen LogP contribution < -0.4 is 10.6 Å². The lowest BCUT2D eigenvalue weighted by molar-refractivity contribution is -0.127. The smallest absolute Gasteiger partial charge is 0.226 e. The van der Waals surface area contributed by atoms with Gasteiger partial charge in [0.2, 0.25) is 5.91 Å². The van der Waals surface area contributed by atoms with Crippen LogP contribution in [0.5, 0.6) is 5.75 Å². The van der Waals surface area contributed by atoms with Gasteiger partial charge < -0.3 is 15.7 Å². The lowest BCUT2D eigenvalue weighted by Crippen LogP contribution is -2.51. The topological polar surface area (TPSA) is 61.4 Å². The van der Waals surface area contributed by atoms with Crippen molar-refractivity contribution in [1.82, 2.24) is 10.6 Å². The number of benzene rings is 1. The monoisotopic (exact) mass is 220 g/mol. The van der Waals surface area contributed by atoms with E-state index in [1.165, 1.54) is 0 Å². The molecule has 86 valence electrons. The van der Waals surface area contributed by atoms with E-state index in [0.717, 1.165) is 18.7 Å². The van der Waals surface area contributed by atoms with Gasteiger partial charge in [-0.2, -0.15) is 0 Å². The van der Waals surface area contributed by atoms with Crippen molar-refractivity contribution in [3.8, 4) is 5.75 Å². The Kier molecular flexibility index (Phi) is 3.10. The largest absolute Gasteiger partial charge is 0.508 e. The molecule has 0 saturated carbocycles. The van der Waals surface area contributed by atoms with Gasteiger partial charge in [0.15, 0.2) is 0 Å². The number of phenolic OH excluding ortho intramolecular Hbond substituents is 1. The molecule has 1 aromatic carbocycles. The van der Waals surface area contributed by atoms with E-state index in [1.54, 1.807) is 18.2 Å². The Morgan fingerprint density at radius 2 is 2.31 bits per heavy atom. The zero-order valence-corrected chi connectivity index (χ0v) is 9.23. The molecular formula is C12H16N2O2. The fourth-order valence-electron chi connectivity index (χ4n) is 1.68. The third kappa shape index (κ3) is 2.33. The van der Waals surface area contributed by atoms with E-state index in [4.69, 9.17) is 0 Å². The van der Waals surface area contributed by atoms with Crippen molar-refractivity contribution >= 4 is 5.91 Å². The maximum absolute atomic E-state index is 11.7. The maximum atomic E-state index is 11.7. The zero-order valence-electron chi connectivity index (χ0n) is 9.23. The van der Waals surface area contributed by atoms with Crippen LogP contribution in [0, 0.1) is 5.92 Å². The number of carbonyl (C=O) groups excluding carboxylic acids is 1. The van der Waals surface area contributed by atoms with Gasteiger partial charge in [-0.15, -0.1) is 0 Å². The van der Waals surface area contributed by atoms with E-state index in [0.29, 0.717) is 0 Å². The van der Waals surface area contributed by atoms with Gasteiger partial charge >= 0.3 is 0 Å². The van der Waals surface area contributed by atoms with Crippen molar-refractivity contribution in [3.05, 3.63) is 29.8 Å². The second-order valence-corrected chi connectivity index (χ2v) is 4.18. The lowest BCUT2D eigenvalue weighted by Gasteiger charge is -2.27. The third-order valence-corrected chi connectivity index (χ3v) is 2.88. The molecule has 1 aromatic rings. The first kappa shape index (κ1) is 11.0. The Bertz CT molecular complexity index is 388. The molecule has 0 spiro atoms. The summed E-state index contributed by atoms with van der Waals surface area (Å²) in [4.78, 5) is 11.7. The highest BCUT2D eigenvalue weighted by atomic mass is 16.3. The molecule has 0 aromatic heterocycles. The van der Waals surface area contributed by atoms with E-state index in [2.05, 4.69) is 10.6 Å². The molecule has 1 aliphatic rings. The molecule has 0 radical (unpaired) electrons. The molecule has 1 unspecified atom stereocenters. The molecule has 1 heterocycles. The van der Waals surface area contributed by atoms with Gasteiger partial charge in [-0.3, -0.25) is 4.79 Å². The second-order valence-electron chi connectivity index (χ2n) is 4.18. The lowest BCUT2D eigenvalue weighted by atomic mass is 10.0. The molecule has 16 heavy (non-hydrogen) atoms. The van der Waals surface area contributed by atoms with E-state index < -0.39 is 0 Å². The van der Waals surface area contributed by atoms with Crippen LogP contribution in [0.2, 0.25) is 0 Å². The van der Waals surface area contributed by atoms with Gasteiger partial charge in [-0.05, 0) is 24.6 Å². The zero-order chi connectivity index (χ0) is 11.5. The van der Waals surface area contributed by atoms with Crippen LogP contribution in [-0.2, 0) is 4.79 Å². The van der Waals surface area contributed by atoms with E-state index in [1.807, 2.05) is 13.0 Å². The number of nitrogens with one attached hydrogen (secondary N) is 2. The second kappa shape index (κ2) is 4.53. The molecule has 1 aliphatic heterocycles.